The molecule has 0 radical (unpaired) electrons. The van der Waals surface area contributed by atoms with Crippen LogP contribution in [-0.2, 0) is 9.53 Å². The van der Waals surface area contributed by atoms with E-state index in [-0.39, 0.29) is 11.9 Å². The van der Waals surface area contributed by atoms with Gasteiger partial charge >= 0.3 is 5.97 Å². The second kappa shape index (κ2) is 8.02. The molecule has 0 saturated carbocycles. The van der Waals surface area contributed by atoms with Gasteiger partial charge in [-0.2, -0.15) is 0 Å². The molecule has 0 aliphatic carbocycles. The van der Waals surface area contributed by atoms with Crippen LogP contribution in [0.15, 0.2) is 22.7 Å². The average Bonchev–Trinajstić information content (AvgIpc) is 2.41. The van der Waals surface area contributed by atoms with Gasteiger partial charge in [0.15, 0.2) is 6.10 Å². The number of amides is 1. The number of carbonyl (C=O) groups is 2. The lowest BCUT2D eigenvalue weighted by Gasteiger charge is -2.18. The number of hydrogen-bond donors (Lipinski definition) is 2. The zero-order valence-corrected chi connectivity index (χ0v) is 14.1. The van der Waals surface area contributed by atoms with Gasteiger partial charge in [0.1, 0.15) is 0 Å². The number of esters is 1. The molecule has 1 aromatic carbocycles. The predicted molar refractivity (Wildman–Crippen MR) is 85.9 cm³/mol. The van der Waals surface area contributed by atoms with Crippen molar-refractivity contribution >= 4 is 33.5 Å². The lowest BCUT2D eigenvalue weighted by molar-refractivity contribution is -0.129. The molecule has 0 aliphatic rings. The average molecular weight is 357 g/mol. The van der Waals surface area contributed by atoms with E-state index in [0.717, 1.165) is 12.8 Å². The fraction of sp³-hybridized carbons (Fsp3) is 0.467. The van der Waals surface area contributed by atoms with Crippen molar-refractivity contribution in [3.05, 3.63) is 28.2 Å². The van der Waals surface area contributed by atoms with Gasteiger partial charge in [-0.15, -0.1) is 0 Å². The Hall–Kier alpha value is -1.56. The first-order chi connectivity index (χ1) is 9.86. The predicted octanol–water partition coefficient (Wildman–Crippen LogP) is 2.88. The summed E-state index contributed by atoms with van der Waals surface area (Å²) in [7, 11) is 0. The number of nitrogen functional groups attached to an aromatic ring is 1. The van der Waals surface area contributed by atoms with Crippen molar-refractivity contribution < 1.29 is 14.3 Å². The Balaban J connectivity index is 2.65. The lowest BCUT2D eigenvalue weighted by Crippen LogP contribution is -2.40. The van der Waals surface area contributed by atoms with Crippen LogP contribution in [0.4, 0.5) is 5.69 Å². The molecular weight excluding hydrogens is 336 g/mol. The molecule has 0 aromatic heterocycles. The normalized spacial score (nSPS) is 13.3. The third-order valence-corrected chi connectivity index (χ3v) is 3.90. The van der Waals surface area contributed by atoms with Gasteiger partial charge in [0.25, 0.3) is 5.91 Å². The van der Waals surface area contributed by atoms with Crippen LogP contribution in [-0.4, -0.2) is 24.0 Å². The number of anilines is 1. The highest BCUT2D eigenvalue weighted by Gasteiger charge is 2.21. The highest BCUT2D eigenvalue weighted by Crippen LogP contribution is 2.24. The van der Waals surface area contributed by atoms with Crippen molar-refractivity contribution in [3.63, 3.8) is 0 Å². The van der Waals surface area contributed by atoms with Crippen LogP contribution >= 0.6 is 15.9 Å². The van der Waals surface area contributed by atoms with E-state index >= 15 is 0 Å². The van der Waals surface area contributed by atoms with Crippen LogP contribution < -0.4 is 11.1 Å². The Morgan fingerprint density at radius 3 is 2.67 bits per heavy atom. The minimum absolute atomic E-state index is 0.0581. The number of ether oxygens (including phenoxy) is 1. The lowest BCUT2D eigenvalue weighted by atomic mass is 10.2. The van der Waals surface area contributed by atoms with Crippen LogP contribution in [0, 0.1) is 0 Å². The molecule has 5 nitrogen and oxygen atoms in total. The van der Waals surface area contributed by atoms with E-state index in [2.05, 4.69) is 21.2 Å². The monoisotopic (exact) mass is 356 g/mol. The first-order valence-corrected chi connectivity index (χ1v) is 7.71. The maximum atomic E-state index is 12.1. The fourth-order valence-corrected chi connectivity index (χ4v) is 2.28. The topological polar surface area (TPSA) is 81.4 Å². The van der Waals surface area contributed by atoms with Crippen LogP contribution in [0.3, 0.4) is 0 Å². The molecule has 1 amide bonds. The molecule has 1 rings (SSSR count). The minimum Gasteiger partial charge on any atom is -0.449 e. The number of nitrogens with one attached hydrogen (secondary N) is 1. The summed E-state index contributed by atoms with van der Waals surface area (Å²) in [6.07, 6.45) is 1.00. The van der Waals surface area contributed by atoms with Crippen LogP contribution in [0.1, 0.15) is 44.0 Å². The molecule has 0 spiro atoms. The molecule has 6 heteroatoms. The van der Waals surface area contributed by atoms with E-state index in [1.165, 1.54) is 0 Å². The van der Waals surface area contributed by atoms with E-state index in [1.807, 2.05) is 13.8 Å². The molecule has 1 aromatic rings. The van der Waals surface area contributed by atoms with Crippen molar-refractivity contribution in [2.75, 3.05) is 5.73 Å². The van der Waals surface area contributed by atoms with Gasteiger partial charge in [-0.25, -0.2) is 4.79 Å². The molecule has 21 heavy (non-hydrogen) atoms. The number of benzene rings is 1. The molecule has 0 fully saturated rings. The fourth-order valence-electron chi connectivity index (χ4n) is 1.85. The maximum Gasteiger partial charge on any atom is 0.340 e. The molecule has 2 atom stereocenters. The standard InChI is InChI=1S/C15H21BrN2O3/c1-4-6-9(2)18-14(19)10(3)21-15(20)11-7-5-8-12(17)13(11)16/h5,7-10H,4,6,17H2,1-3H3,(H,18,19). The Morgan fingerprint density at radius 2 is 2.05 bits per heavy atom. The van der Waals surface area contributed by atoms with Crippen molar-refractivity contribution in [1.29, 1.82) is 0 Å². The van der Waals surface area contributed by atoms with E-state index < -0.39 is 12.1 Å². The van der Waals surface area contributed by atoms with Gasteiger partial charge in [-0.3, -0.25) is 4.79 Å². The number of nitrogens with two attached hydrogens (primary N) is 1. The van der Waals surface area contributed by atoms with E-state index in [0.29, 0.717) is 15.7 Å². The molecule has 0 aliphatic heterocycles. The van der Waals surface area contributed by atoms with Crippen molar-refractivity contribution in [1.82, 2.24) is 5.32 Å². The number of hydrogen-bond acceptors (Lipinski definition) is 4. The van der Waals surface area contributed by atoms with Gasteiger partial charge in [0.2, 0.25) is 0 Å². The summed E-state index contributed by atoms with van der Waals surface area (Å²) in [6, 6.07) is 4.98. The highest BCUT2D eigenvalue weighted by atomic mass is 79.9. The second-order valence-electron chi connectivity index (χ2n) is 4.95. The molecule has 0 bridgehead atoms. The summed E-state index contributed by atoms with van der Waals surface area (Å²) >= 11 is 3.24. The van der Waals surface area contributed by atoms with Gasteiger partial charge < -0.3 is 15.8 Å². The van der Waals surface area contributed by atoms with Gasteiger partial charge in [0.05, 0.1) is 10.0 Å². The quantitative estimate of drug-likeness (QED) is 0.606. The van der Waals surface area contributed by atoms with Gasteiger partial charge in [-0.1, -0.05) is 19.4 Å². The summed E-state index contributed by atoms with van der Waals surface area (Å²) in [5.41, 5.74) is 6.46. The first-order valence-electron chi connectivity index (χ1n) is 6.92. The largest absolute Gasteiger partial charge is 0.449 e. The Morgan fingerprint density at radius 1 is 1.38 bits per heavy atom. The summed E-state index contributed by atoms with van der Waals surface area (Å²) in [4.78, 5) is 24.0. The summed E-state index contributed by atoms with van der Waals surface area (Å²) in [5.74, 6) is -0.885. The van der Waals surface area contributed by atoms with Crippen molar-refractivity contribution in [2.24, 2.45) is 0 Å². The molecule has 116 valence electrons. The number of carbonyl (C=O) groups excluding carboxylic acids is 2. The molecule has 0 heterocycles. The summed E-state index contributed by atoms with van der Waals surface area (Å²) < 4.78 is 5.65. The van der Waals surface area contributed by atoms with E-state index in [4.69, 9.17) is 10.5 Å². The zero-order chi connectivity index (χ0) is 16.0. The second-order valence-corrected chi connectivity index (χ2v) is 5.75. The first kappa shape index (κ1) is 17.5. The number of halogens is 1. The summed E-state index contributed by atoms with van der Waals surface area (Å²) in [6.45, 7) is 5.51. The summed E-state index contributed by atoms with van der Waals surface area (Å²) in [5, 5.41) is 2.81. The molecular formula is C15H21BrN2O3. The Bertz CT molecular complexity index is 520. The van der Waals surface area contributed by atoms with Gasteiger partial charge in [-0.05, 0) is 48.3 Å². The number of rotatable bonds is 6. The maximum absolute atomic E-state index is 12.1. The third kappa shape index (κ3) is 5.04. The smallest absolute Gasteiger partial charge is 0.340 e. The molecule has 2 unspecified atom stereocenters. The third-order valence-electron chi connectivity index (χ3n) is 3.01. The minimum atomic E-state index is -0.856. The highest BCUT2D eigenvalue weighted by molar-refractivity contribution is 9.10. The van der Waals surface area contributed by atoms with E-state index in [1.54, 1.807) is 25.1 Å². The van der Waals surface area contributed by atoms with Crippen molar-refractivity contribution in [3.8, 4) is 0 Å². The SMILES string of the molecule is CCCC(C)NC(=O)C(C)OC(=O)c1cccc(N)c1Br. The van der Waals surface area contributed by atoms with Crippen LogP contribution in [0.25, 0.3) is 0 Å². The zero-order valence-electron chi connectivity index (χ0n) is 12.5. The van der Waals surface area contributed by atoms with Gasteiger partial charge in [0, 0.05) is 11.7 Å². The Kier molecular flexibility index (Phi) is 6.68. The molecule has 0 saturated heterocycles. The van der Waals surface area contributed by atoms with E-state index in [9.17, 15) is 9.59 Å². The van der Waals surface area contributed by atoms with Crippen LogP contribution in [0.5, 0.6) is 0 Å². The van der Waals surface area contributed by atoms with Crippen molar-refractivity contribution in [2.45, 2.75) is 45.8 Å². The van der Waals surface area contributed by atoms with Crippen LogP contribution in [0.2, 0.25) is 0 Å². The Labute approximate surface area is 133 Å². The molecule has 3 N–H and O–H groups in total.